The molecule has 0 fully saturated rings. The minimum atomic E-state index is -0.179. The second-order valence-corrected chi connectivity index (χ2v) is 7.06. The number of quaternary nitrogens is 1. The number of hydrogen-bond acceptors (Lipinski definition) is 2. The molecule has 27 heavy (non-hydrogen) atoms. The van der Waals surface area contributed by atoms with Gasteiger partial charge in [0.1, 0.15) is 12.6 Å². The highest BCUT2D eigenvalue weighted by molar-refractivity contribution is 6.10. The first kappa shape index (κ1) is 18.9. The molecule has 1 amide bonds. The van der Waals surface area contributed by atoms with Crippen molar-refractivity contribution in [2.45, 2.75) is 26.4 Å². The van der Waals surface area contributed by atoms with Gasteiger partial charge in [-0.25, -0.2) is 0 Å². The quantitative estimate of drug-likeness (QED) is 0.587. The maximum atomic E-state index is 13.2. The second-order valence-electron chi connectivity index (χ2n) is 7.06. The van der Waals surface area contributed by atoms with E-state index in [0.29, 0.717) is 12.1 Å². The van der Waals surface area contributed by atoms with Gasteiger partial charge in [0.15, 0.2) is 0 Å². The average Bonchev–Trinajstić information content (AvgIpc) is 3.02. The molecule has 1 heterocycles. The molecule has 3 N–H and O–H groups in total. The van der Waals surface area contributed by atoms with Gasteiger partial charge in [0.05, 0.1) is 12.6 Å². The molecule has 2 aromatic carbocycles. The van der Waals surface area contributed by atoms with Gasteiger partial charge in [0.2, 0.25) is 5.78 Å². The summed E-state index contributed by atoms with van der Waals surface area (Å²) in [4.78, 5) is 29.2. The number of nitrogens with one attached hydrogen (secondary N) is 3. The zero-order chi connectivity index (χ0) is 19.6. The summed E-state index contributed by atoms with van der Waals surface area (Å²) in [7, 11) is 3.65. The van der Waals surface area contributed by atoms with Crippen molar-refractivity contribution in [2.24, 2.45) is 0 Å². The van der Waals surface area contributed by atoms with E-state index in [1.54, 1.807) is 7.05 Å². The van der Waals surface area contributed by atoms with E-state index in [1.807, 2.05) is 69.4 Å². The highest BCUT2D eigenvalue weighted by atomic mass is 16.1. The lowest BCUT2D eigenvalue weighted by atomic mass is 10.0. The van der Waals surface area contributed by atoms with E-state index in [-0.39, 0.29) is 17.7 Å². The number of benzene rings is 2. The minimum absolute atomic E-state index is 0.0967. The lowest BCUT2D eigenvalue weighted by Crippen LogP contribution is -3.12. The summed E-state index contributed by atoms with van der Waals surface area (Å²) in [5.41, 5.74) is 4.42. The van der Waals surface area contributed by atoms with Gasteiger partial charge in [-0.1, -0.05) is 30.3 Å². The Kier molecular flexibility index (Phi) is 5.42. The van der Waals surface area contributed by atoms with Crippen molar-refractivity contribution in [1.82, 2.24) is 10.3 Å². The third kappa shape index (κ3) is 3.78. The third-order valence-electron chi connectivity index (χ3n) is 5.20. The Morgan fingerprint density at radius 3 is 2.44 bits per heavy atom. The fraction of sp³-hybridized carbons (Fsp3) is 0.273. The molecular weight excluding hydrogens is 338 g/mol. The first-order valence-electron chi connectivity index (χ1n) is 9.17. The lowest BCUT2D eigenvalue weighted by Gasteiger charge is -2.21. The molecule has 5 nitrogen and oxygen atoms in total. The SMILES string of the molecule is CNC(=O)c1ccc(C[NH+](C)[C@H](C)C(=O)c2c(C)[nH]c3ccccc23)cc1. The zero-order valence-electron chi connectivity index (χ0n) is 16.2. The summed E-state index contributed by atoms with van der Waals surface area (Å²) in [6.45, 7) is 4.63. The topological polar surface area (TPSA) is 66.4 Å². The number of para-hydroxylation sites is 1. The Morgan fingerprint density at radius 1 is 1.11 bits per heavy atom. The summed E-state index contributed by atoms with van der Waals surface area (Å²) in [6, 6.07) is 15.3. The van der Waals surface area contributed by atoms with E-state index in [9.17, 15) is 9.59 Å². The number of Topliss-reactive ketones (excluding diaryl/α,β-unsaturated/α-hetero) is 1. The van der Waals surface area contributed by atoms with Crippen LogP contribution >= 0.6 is 0 Å². The molecule has 0 spiro atoms. The number of rotatable bonds is 6. The van der Waals surface area contributed by atoms with Crippen molar-refractivity contribution in [1.29, 1.82) is 0 Å². The number of likely N-dealkylation sites (N-methyl/N-ethyl adjacent to an activating group) is 1. The largest absolute Gasteiger partial charge is 0.358 e. The van der Waals surface area contributed by atoms with Crippen molar-refractivity contribution in [2.75, 3.05) is 14.1 Å². The van der Waals surface area contributed by atoms with E-state index < -0.39 is 0 Å². The predicted octanol–water partition coefficient (Wildman–Crippen LogP) is 2.12. The van der Waals surface area contributed by atoms with Crippen LogP contribution in [0.25, 0.3) is 10.9 Å². The molecule has 0 saturated carbocycles. The first-order valence-corrected chi connectivity index (χ1v) is 9.17. The van der Waals surface area contributed by atoms with Gasteiger partial charge in [-0.05, 0) is 32.0 Å². The number of fused-ring (bicyclic) bond motifs is 1. The molecular formula is C22H26N3O2+. The summed E-state index contributed by atoms with van der Waals surface area (Å²) in [6.07, 6.45) is 0. The molecule has 0 aliphatic heterocycles. The second kappa shape index (κ2) is 7.76. The number of carbonyl (C=O) groups is 2. The van der Waals surface area contributed by atoms with Gasteiger partial charge in [-0.15, -0.1) is 0 Å². The van der Waals surface area contributed by atoms with Crippen LogP contribution < -0.4 is 10.2 Å². The molecule has 0 saturated heterocycles. The van der Waals surface area contributed by atoms with E-state index >= 15 is 0 Å². The number of amides is 1. The smallest absolute Gasteiger partial charge is 0.251 e. The third-order valence-corrected chi connectivity index (χ3v) is 5.20. The summed E-state index contributed by atoms with van der Waals surface area (Å²) in [5, 5.41) is 3.60. The number of aromatic nitrogens is 1. The van der Waals surface area contributed by atoms with Crippen LogP contribution in [0.1, 0.15) is 38.9 Å². The molecule has 0 radical (unpaired) electrons. The van der Waals surface area contributed by atoms with Gasteiger partial charge < -0.3 is 15.2 Å². The Morgan fingerprint density at radius 2 is 1.78 bits per heavy atom. The summed E-state index contributed by atoms with van der Waals surface area (Å²) >= 11 is 0. The maximum absolute atomic E-state index is 13.2. The van der Waals surface area contributed by atoms with Gasteiger partial charge in [0, 0.05) is 34.8 Å². The molecule has 3 aromatic rings. The monoisotopic (exact) mass is 364 g/mol. The van der Waals surface area contributed by atoms with Crippen LogP contribution in [0.2, 0.25) is 0 Å². The van der Waals surface area contributed by atoms with Crippen molar-refractivity contribution in [3.05, 3.63) is 70.9 Å². The zero-order valence-corrected chi connectivity index (χ0v) is 16.2. The molecule has 0 bridgehead atoms. The van der Waals surface area contributed by atoms with Crippen LogP contribution in [-0.2, 0) is 6.54 Å². The molecule has 5 heteroatoms. The standard InChI is InChI=1S/C22H25N3O2/c1-14-20(18-7-5-6-8-19(18)24-14)21(26)15(2)25(4)13-16-9-11-17(12-10-16)22(27)23-3/h5-12,15,24H,13H2,1-4H3,(H,23,27)/p+1/t15-/m1/s1. The number of hydrogen-bond donors (Lipinski definition) is 3. The highest BCUT2D eigenvalue weighted by Crippen LogP contribution is 2.22. The van der Waals surface area contributed by atoms with Crippen LogP contribution in [0.15, 0.2) is 48.5 Å². The van der Waals surface area contributed by atoms with E-state index in [2.05, 4.69) is 10.3 Å². The number of ketones is 1. The predicted molar refractivity (Wildman–Crippen MR) is 107 cm³/mol. The van der Waals surface area contributed by atoms with Gasteiger partial charge in [-0.2, -0.15) is 0 Å². The Labute approximate surface area is 159 Å². The molecule has 0 aliphatic rings. The lowest BCUT2D eigenvalue weighted by molar-refractivity contribution is -0.907. The fourth-order valence-electron chi connectivity index (χ4n) is 3.43. The van der Waals surface area contributed by atoms with Gasteiger partial charge in [-0.3, -0.25) is 9.59 Å². The maximum Gasteiger partial charge on any atom is 0.251 e. The van der Waals surface area contributed by atoms with Crippen LogP contribution in [-0.4, -0.2) is 36.8 Å². The normalized spacial score (nSPS) is 13.3. The highest BCUT2D eigenvalue weighted by Gasteiger charge is 2.27. The molecule has 2 atom stereocenters. The van der Waals surface area contributed by atoms with E-state index in [4.69, 9.17) is 0 Å². The van der Waals surface area contributed by atoms with Crippen molar-refractivity contribution < 1.29 is 14.5 Å². The first-order chi connectivity index (χ1) is 12.9. The van der Waals surface area contributed by atoms with Crippen LogP contribution in [0.5, 0.6) is 0 Å². The number of aryl methyl sites for hydroxylation is 1. The van der Waals surface area contributed by atoms with Crippen LogP contribution in [0.4, 0.5) is 0 Å². The van der Waals surface area contributed by atoms with Crippen LogP contribution in [0, 0.1) is 6.92 Å². The average molecular weight is 364 g/mol. The van der Waals surface area contributed by atoms with Crippen molar-refractivity contribution >= 4 is 22.6 Å². The Hall–Kier alpha value is -2.92. The van der Waals surface area contributed by atoms with Crippen molar-refractivity contribution in [3.63, 3.8) is 0 Å². The molecule has 1 aromatic heterocycles. The van der Waals surface area contributed by atoms with Gasteiger partial charge in [0.25, 0.3) is 5.91 Å². The number of H-pyrrole nitrogens is 1. The number of aromatic amines is 1. The Bertz CT molecular complexity index is 973. The molecule has 1 unspecified atom stereocenters. The van der Waals surface area contributed by atoms with Gasteiger partial charge >= 0.3 is 0 Å². The summed E-state index contributed by atoms with van der Waals surface area (Å²) < 4.78 is 0. The fourth-order valence-corrected chi connectivity index (χ4v) is 3.43. The van der Waals surface area contributed by atoms with Crippen LogP contribution in [0.3, 0.4) is 0 Å². The van der Waals surface area contributed by atoms with Crippen molar-refractivity contribution in [3.8, 4) is 0 Å². The Balaban J connectivity index is 1.76. The minimum Gasteiger partial charge on any atom is -0.358 e. The number of carbonyl (C=O) groups excluding carboxylic acids is 2. The molecule has 140 valence electrons. The van der Waals surface area contributed by atoms with E-state index in [1.165, 1.54) is 0 Å². The van der Waals surface area contributed by atoms with E-state index in [0.717, 1.165) is 32.6 Å². The summed E-state index contributed by atoms with van der Waals surface area (Å²) in [5.74, 6) is 0.0463. The molecule has 0 aliphatic carbocycles. The molecule has 3 rings (SSSR count).